The van der Waals surface area contributed by atoms with Crippen LogP contribution in [0.3, 0.4) is 0 Å². The Bertz CT molecular complexity index is 1910. The van der Waals surface area contributed by atoms with Crippen LogP contribution in [0.4, 0.5) is 0 Å². The lowest BCUT2D eigenvalue weighted by molar-refractivity contribution is -0.151. The summed E-state index contributed by atoms with van der Waals surface area (Å²) < 4.78 is 13.7. The Morgan fingerprint density at radius 2 is 1.89 bits per heavy atom. The first kappa shape index (κ1) is 30.7. The second-order valence-electron chi connectivity index (χ2n) is 13.1. The fraction of sp³-hybridized carbons (Fsp3) is 0.405. The van der Waals surface area contributed by atoms with Gasteiger partial charge in [0.2, 0.25) is 0 Å². The first-order valence-electron chi connectivity index (χ1n) is 15.8. The summed E-state index contributed by atoms with van der Waals surface area (Å²) in [5.41, 5.74) is 9.90. The molecule has 0 saturated heterocycles. The van der Waals surface area contributed by atoms with Crippen LogP contribution in [-0.4, -0.2) is 50.6 Å². The summed E-state index contributed by atoms with van der Waals surface area (Å²) in [7, 11) is 3.36. The smallest absolute Gasteiger partial charge is 0.312 e. The lowest BCUT2D eigenvalue weighted by atomic mass is 9.69. The van der Waals surface area contributed by atoms with Crippen molar-refractivity contribution >= 4 is 27.9 Å². The number of nitrogens with zero attached hydrogens (tertiary/aromatic N) is 5. The monoisotopic (exact) mass is 605 g/mol. The third-order valence-corrected chi connectivity index (χ3v) is 9.67. The molecular formula is C37H43N5O3. The number of rotatable bonds is 7. The molecule has 0 fully saturated rings. The topological polar surface area (TPSA) is 82.4 Å². The number of methoxy groups -OCH3 is 1. The number of esters is 1. The number of hydrogen-bond acceptors (Lipinski definition) is 7. The van der Waals surface area contributed by atoms with E-state index >= 15 is 0 Å². The second kappa shape index (κ2) is 11.9. The van der Waals surface area contributed by atoms with Crippen molar-refractivity contribution in [3.05, 3.63) is 93.7 Å². The summed E-state index contributed by atoms with van der Waals surface area (Å²) >= 11 is 0. The lowest BCUT2D eigenvalue weighted by Crippen LogP contribution is -2.34. The fourth-order valence-corrected chi connectivity index (χ4v) is 6.94. The minimum absolute atomic E-state index is 0.0801. The summed E-state index contributed by atoms with van der Waals surface area (Å²) in [5.74, 6) is 0.442. The molecule has 0 radical (unpaired) electrons. The lowest BCUT2D eigenvalue weighted by Gasteiger charge is -2.34. The van der Waals surface area contributed by atoms with Crippen molar-refractivity contribution in [2.75, 3.05) is 13.7 Å². The van der Waals surface area contributed by atoms with Gasteiger partial charge in [0, 0.05) is 49.7 Å². The number of hydrogen-bond donors (Lipinski definition) is 0. The summed E-state index contributed by atoms with van der Waals surface area (Å²) in [4.78, 5) is 20.5. The van der Waals surface area contributed by atoms with Gasteiger partial charge < -0.3 is 9.47 Å². The summed E-state index contributed by atoms with van der Waals surface area (Å²) in [6.07, 6.45) is 2.87. The molecule has 0 saturated carbocycles. The van der Waals surface area contributed by atoms with Gasteiger partial charge in [-0.1, -0.05) is 36.4 Å². The molecule has 1 unspecified atom stereocenters. The molecule has 1 aliphatic rings. The summed E-state index contributed by atoms with van der Waals surface area (Å²) in [6.45, 7) is 14.8. The van der Waals surface area contributed by atoms with Gasteiger partial charge in [-0.2, -0.15) is 0 Å². The van der Waals surface area contributed by atoms with Gasteiger partial charge in [0.15, 0.2) is 0 Å². The molecule has 0 bridgehead atoms. The van der Waals surface area contributed by atoms with Crippen molar-refractivity contribution in [3.8, 4) is 5.75 Å². The van der Waals surface area contributed by atoms with E-state index < -0.39 is 5.41 Å². The molecule has 2 atom stereocenters. The highest BCUT2D eigenvalue weighted by Crippen LogP contribution is 2.44. The zero-order valence-corrected chi connectivity index (χ0v) is 27.6. The van der Waals surface area contributed by atoms with E-state index in [1.54, 1.807) is 4.68 Å². The molecule has 1 aliphatic heterocycles. The predicted octanol–water partition coefficient (Wildman–Crippen LogP) is 6.95. The normalized spacial score (nSPS) is 16.3. The molecule has 3 aromatic carbocycles. The predicted molar refractivity (Wildman–Crippen MR) is 177 cm³/mol. The molecule has 0 spiro atoms. The minimum Gasteiger partial charge on any atom is -0.489 e. The Labute approximate surface area is 265 Å². The minimum atomic E-state index is -0.837. The highest BCUT2D eigenvalue weighted by molar-refractivity contribution is 5.85. The van der Waals surface area contributed by atoms with Crippen molar-refractivity contribution in [2.24, 2.45) is 12.5 Å². The number of aryl methyl sites for hydroxylation is 4. The zero-order valence-electron chi connectivity index (χ0n) is 27.6. The van der Waals surface area contributed by atoms with E-state index in [-0.39, 0.29) is 18.0 Å². The molecule has 5 aromatic rings. The van der Waals surface area contributed by atoms with Crippen LogP contribution in [0.25, 0.3) is 21.9 Å². The van der Waals surface area contributed by atoms with Gasteiger partial charge in [0.05, 0.1) is 23.6 Å². The number of benzene rings is 3. The Hall–Kier alpha value is -4.30. The summed E-state index contributed by atoms with van der Waals surface area (Å²) in [5, 5.41) is 9.83. The number of ether oxygens (including phenoxy) is 2. The summed E-state index contributed by atoms with van der Waals surface area (Å²) in [6, 6.07) is 17.2. The Morgan fingerprint density at radius 1 is 1.09 bits per heavy atom. The number of carbonyl (C=O) groups excluding carboxylic acids is 1. The molecule has 0 N–H and O–H groups in total. The van der Waals surface area contributed by atoms with Crippen LogP contribution < -0.4 is 4.74 Å². The van der Waals surface area contributed by atoms with Crippen LogP contribution in [0.15, 0.2) is 54.7 Å². The highest BCUT2D eigenvalue weighted by Gasteiger charge is 2.41. The van der Waals surface area contributed by atoms with Gasteiger partial charge >= 0.3 is 5.97 Å². The van der Waals surface area contributed by atoms with Crippen LogP contribution >= 0.6 is 0 Å². The van der Waals surface area contributed by atoms with Crippen molar-refractivity contribution < 1.29 is 14.3 Å². The molecule has 8 heteroatoms. The Morgan fingerprint density at radius 3 is 2.64 bits per heavy atom. The molecule has 0 amide bonds. The second-order valence-corrected chi connectivity index (χ2v) is 13.1. The van der Waals surface area contributed by atoms with E-state index in [9.17, 15) is 4.79 Å². The van der Waals surface area contributed by atoms with Crippen LogP contribution in [0, 0.1) is 26.2 Å². The van der Waals surface area contributed by atoms with Crippen LogP contribution in [0.5, 0.6) is 5.75 Å². The number of pyridine rings is 1. The molecule has 8 nitrogen and oxygen atoms in total. The quantitative estimate of drug-likeness (QED) is 0.186. The Balaban J connectivity index is 1.40. The third-order valence-electron chi connectivity index (χ3n) is 9.67. The van der Waals surface area contributed by atoms with Crippen molar-refractivity contribution in [1.82, 2.24) is 24.9 Å². The maximum Gasteiger partial charge on any atom is 0.312 e. The van der Waals surface area contributed by atoms with Crippen molar-refractivity contribution in [3.63, 3.8) is 0 Å². The Kier molecular flexibility index (Phi) is 8.12. The number of fused-ring (bicyclic) bond motifs is 3. The van der Waals surface area contributed by atoms with Crippen LogP contribution in [-0.2, 0) is 29.7 Å². The molecule has 0 aliphatic carbocycles. The van der Waals surface area contributed by atoms with Gasteiger partial charge in [0.1, 0.15) is 17.4 Å². The molecule has 3 heterocycles. The maximum absolute atomic E-state index is 13.3. The molecule has 6 rings (SSSR count). The van der Waals surface area contributed by atoms with E-state index in [0.717, 1.165) is 76.0 Å². The maximum atomic E-state index is 13.3. The fourth-order valence-electron chi connectivity index (χ4n) is 6.94. The van der Waals surface area contributed by atoms with E-state index in [1.165, 1.54) is 23.8 Å². The van der Waals surface area contributed by atoms with Crippen LogP contribution in [0.1, 0.15) is 72.1 Å². The first-order chi connectivity index (χ1) is 21.5. The van der Waals surface area contributed by atoms with E-state index in [1.807, 2.05) is 39.2 Å². The average molecular weight is 606 g/mol. The zero-order chi connectivity index (χ0) is 32.0. The first-order valence-corrected chi connectivity index (χ1v) is 15.8. The third kappa shape index (κ3) is 5.56. The van der Waals surface area contributed by atoms with Gasteiger partial charge in [-0.3, -0.25) is 14.7 Å². The molecule has 2 aromatic heterocycles. The van der Waals surface area contributed by atoms with E-state index in [4.69, 9.17) is 9.47 Å². The largest absolute Gasteiger partial charge is 0.489 e. The number of carbonyl (C=O) groups is 1. The standard InChI is InChI=1S/C37H43N5O3/c1-9-28-21-42(20-27-17-31-30(18-33(27)45-28)23(3)14-15-38-31)19-26-16-25(11-10-22(26)2)34(37(5,6)36(43)44-8)29-12-13-32-35(24(29)4)39-40-41(32)7/h10-18,28,34H,9,19-21H2,1-8H3/t28-,34?/m1/s1. The number of aromatic nitrogens is 4. The van der Waals surface area contributed by atoms with E-state index in [0.29, 0.717) is 0 Å². The average Bonchev–Trinajstić information content (AvgIpc) is 3.30. The highest BCUT2D eigenvalue weighted by atomic mass is 16.5. The molecular weight excluding hydrogens is 562 g/mol. The van der Waals surface area contributed by atoms with Gasteiger partial charge in [-0.25, -0.2) is 4.68 Å². The molecule has 234 valence electrons. The van der Waals surface area contributed by atoms with Crippen LogP contribution in [0.2, 0.25) is 0 Å². The van der Waals surface area contributed by atoms with Gasteiger partial charge in [-0.15, -0.1) is 5.10 Å². The SMILES string of the molecule is CC[C@@H]1CN(Cc2cc(C(c3ccc4c(nnn4C)c3C)C(C)(C)C(=O)OC)ccc2C)Cc2cc3nccc(C)c3cc2O1. The van der Waals surface area contributed by atoms with E-state index in [2.05, 4.69) is 84.3 Å². The van der Waals surface area contributed by atoms with Crippen molar-refractivity contribution in [2.45, 2.75) is 73.1 Å². The van der Waals surface area contributed by atoms with Gasteiger partial charge in [0.25, 0.3) is 0 Å². The van der Waals surface area contributed by atoms with Crippen molar-refractivity contribution in [1.29, 1.82) is 0 Å². The van der Waals surface area contributed by atoms with Gasteiger partial charge in [-0.05, 0) is 98.7 Å². The molecule has 45 heavy (non-hydrogen) atoms.